The maximum atomic E-state index is 13.2. The Balaban J connectivity index is 0.917. The lowest BCUT2D eigenvalue weighted by atomic mass is 9.68. The summed E-state index contributed by atoms with van der Waals surface area (Å²) in [7, 11) is -4.37. The predicted octanol–water partition coefficient (Wildman–Crippen LogP) is 6.36. The van der Waals surface area contributed by atoms with E-state index in [1.165, 1.54) is 36.2 Å². The molecule has 2 bridgehead atoms. The topological polar surface area (TPSA) is 146 Å². The van der Waals surface area contributed by atoms with Gasteiger partial charge in [-0.05, 0) is 103 Å². The lowest BCUT2D eigenvalue weighted by molar-refractivity contribution is -0.384. The van der Waals surface area contributed by atoms with E-state index in [1.807, 2.05) is 12.1 Å². The van der Waals surface area contributed by atoms with E-state index in [9.17, 15) is 23.3 Å². The Morgan fingerprint density at radius 3 is 2.36 bits per heavy atom. The molecular weight excluding hydrogens is 693 g/mol. The number of hydrogen-bond donors (Lipinski definition) is 3. The number of hydrogen-bond acceptors (Lipinski definition) is 10. The van der Waals surface area contributed by atoms with E-state index in [-0.39, 0.29) is 21.8 Å². The second-order valence-electron chi connectivity index (χ2n) is 16.0. The number of amides is 1. The normalized spacial score (nSPS) is 24.5. The molecule has 0 radical (unpaired) electrons. The van der Waals surface area contributed by atoms with Crippen molar-refractivity contribution in [3.05, 3.63) is 88.0 Å². The molecular formula is C40H52N6O6S. The minimum absolute atomic E-state index is 0.178. The SMILES string of the molecule is C[C@H]1C2C[C@@H](CC2Nc2ccccc2CN2CCN(c3ccc(C(=O)NS(=O)(=O)c4ccc(NCC5CCOCC5)c([N+](=O)[O-])c4)cc3)CC2)C1(C)C. The molecule has 3 N–H and O–H groups in total. The van der Waals surface area contributed by atoms with Crippen molar-refractivity contribution in [2.45, 2.75) is 63.9 Å². The summed E-state index contributed by atoms with van der Waals surface area (Å²) in [6.45, 7) is 13.5. The molecule has 53 heavy (non-hydrogen) atoms. The van der Waals surface area contributed by atoms with E-state index >= 15 is 0 Å². The van der Waals surface area contributed by atoms with Gasteiger partial charge in [0.2, 0.25) is 0 Å². The third kappa shape index (κ3) is 8.02. The Kier molecular flexibility index (Phi) is 10.7. The summed E-state index contributed by atoms with van der Waals surface area (Å²) in [6.07, 6.45) is 4.28. The van der Waals surface area contributed by atoms with Crippen LogP contribution in [-0.2, 0) is 21.3 Å². The number of benzene rings is 3. The van der Waals surface area contributed by atoms with Crippen molar-refractivity contribution in [2.24, 2.45) is 29.1 Å². The first-order chi connectivity index (χ1) is 25.4. The van der Waals surface area contributed by atoms with Gasteiger partial charge in [0.15, 0.2) is 0 Å². The van der Waals surface area contributed by atoms with E-state index in [2.05, 4.69) is 70.2 Å². The fourth-order valence-corrected chi connectivity index (χ4v) is 9.96. The first-order valence-electron chi connectivity index (χ1n) is 19.0. The van der Waals surface area contributed by atoms with Crippen molar-refractivity contribution in [3.8, 4) is 0 Å². The van der Waals surface area contributed by atoms with Crippen LogP contribution in [0.25, 0.3) is 0 Å². The Morgan fingerprint density at radius 1 is 0.962 bits per heavy atom. The first kappa shape index (κ1) is 37.1. The van der Waals surface area contributed by atoms with Gasteiger partial charge < -0.3 is 20.3 Å². The van der Waals surface area contributed by atoms with Crippen LogP contribution >= 0.6 is 0 Å². The zero-order valence-electron chi connectivity index (χ0n) is 30.9. The van der Waals surface area contributed by atoms with Gasteiger partial charge in [0, 0.05) is 81.5 Å². The highest BCUT2D eigenvalue weighted by molar-refractivity contribution is 7.90. The minimum Gasteiger partial charge on any atom is -0.382 e. The van der Waals surface area contributed by atoms with Gasteiger partial charge in [-0.1, -0.05) is 39.0 Å². The van der Waals surface area contributed by atoms with Crippen molar-refractivity contribution in [1.82, 2.24) is 9.62 Å². The number of carbonyl (C=O) groups excluding carboxylic acids is 1. The molecule has 7 rings (SSSR count). The van der Waals surface area contributed by atoms with Gasteiger partial charge in [-0.3, -0.25) is 19.8 Å². The average Bonchev–Trinajstić information content (AvgIpc) is 3.68. The molecule has 2 aliphatic heterocycles. The highest BCUT2D eigenvalue weighted by atomic mass is 32.2. The van der Waals surface area contributed by atoms with Crippen molar-refractivity contribution >= 4 is 38.7 Å². The lowest BCUT2D eigenvalue weighted by Crippen LogP contribution is -2.46. The number of para-hydroxylation sites is 1. The largest absolute Gasteiger partial charge is 0.382 e. The monoisotopic (exact) mass is 744 g/mol. The quantitative estimate of drug-likeness (QED) is 0.142. The molecule has 3 aromatic rings. The number of nitrogens with one attached hydrogen (secondary N) is 3. The molecule has 3 aromatic carbocycles. The molecule has 4 aliphatic rings. The highest BCUT2D eigenvalue weighted by Gasteiger charge is 2.55. The molecule has 2 aliphatic carbocycles. The molecule has 2 heterocycles. The van der Waals surface area contributed by atoms with E-state index in [0.29, 0.717) is 37.1 Å². The summed E-state index contributed by atoms with van der Waals surface area (Å²) in [5.41, 5.74) is 4.01. The highest BCUT2D eigenvalue weighted by Crippen LogP contribution is 2.59. The predicted molar refractivity (Wildman–Crippen MR) is 207 cm³/mol. The molecule has 4 atom stereocenters. The molecule has 0 aromatic heterocycles. The molecule has 2 saturated carbocycles. The zero-order chi connectivity index (χ0) is 37.3. The van der Waals surface area contributed by atoms with E-state index in [1.54, 1.807) is 12.1 Å². The third-order valence-electron chi connectivity index (χ3n) is 12.7. The lowest BCUT2D eigenvalue weighted by Gasteiger charge is -2.41. The summed E-state index contributed by atoms with van der Waals surface area (Å²) in [4.78, 5) is 28.7. The standard InChI is InChI=1S/C40H52N6O6S/c1-27-34-22-31(40(27,2)3)23-37(34)42-35-7-5-4-6-30(35)26-44-16-18-45(19-17-44)32-10-8-29(9-11-32)39(47)43-53(50,51)33-12-13-36(38(24-33)46(48)49)41-25-28-14-20-52-21-15-28/h4-13,24,27-28,31,34,37,41-42H,14-23,25-26H2,1-3H3,(H,43,47)/t27-,31-,34?,37?/m0/s1. The number of anilines is 3. The van der Waals surface area contributed by atoms with E-state index in [4.69, 9.17) is 4.74 Å². The zero-order valence-corrected chi connectivity index (χ0v) is 31.7. The summed E-state index contributed by atoms with van der Waals surface area (Å²) in [6, 6.07) is 19.8. The second-order valence-corrected chi connectivity index (χ2v) is 17.7. The van der Waals surface area contributed by atoms with Gasteiger partial charge >= 0.3 is 0 Å². The number of rotatable bonds is 12. The molecule has 284 valence electrons. The van der Waals surface area contributed by atoms with Crippen molar-refractivity contribution in [1.29, 1.82) is 0 Å². The third-order valence-corrected chi connectivity index (χ3v) is 14.1. The number of ether oxygens (including phenoxy) is 1. The van der Waals surface area contributed by atoms with Crippen LogP contribution in [0.2, 0.25) is 0 Å². The number of nitro groups is 1. The smallest absolute Gasteiger partial charge is 0.293 e. The average molecular weight is 745 g/mol. The van der Waals surface area contributed by atoms with Crippen LogP contribution in [0.5, 0.6) is 0 Å². The van der Waals surface area contributed by atoms with Crippen molar-refractivity contribution in [2.75, 3.05) is 61.5 Å². The van der Waals surface area contributed by atoms with Crippen LogP contribution in [0.15, 0.2) is 71.6 Å². The Morgan fingerprint density at radius 2 is 1.68 bits per heavy atom. The molecule has 1 amide bonds. The number of nitrogens with zero attached hydrogens (tertiary/aromatic N) is 3. The van der Waals surface area contributed by atoms with Gasteiger partial charge in [0.25, 0.3) is 21.6 Å². The fraction of sp³-hybridized carbons (Fsp3) is 0.525. The number of carbonyl (C=O) groups is 1. The summed E-state index contributed by atoms with van der Waals surface area (Å²) >= 11 is 0. The van der Waals surface area contributed by atoms with Crippen LogP contribution in [0, 0.1) is 39.2 Å². The molecule has 4 fully saturated rings. The second kappa shape index (κ2) is 15.3. The number of sulfonamides is 1. The Bertz CT molecular complexity index is 1900. The van der Waals surface area contributed by atoms with Gasteiger partial charge in [0.05, 0.1) is 9.82 Å². The molecule has 0 spiro atoms. The summed E-state index contributed by atoms with van der Waals surface area (Å²) < 4.78 is 33.7. The summed E-state index contributed by atoms with van der Waals surface area (Å²) in [5.74, 6) is 1.75. The van der Waals surface area contributed by atoms with Crippen molar-refractivity contribution < 1.29 is 22.9 Å². The maximum absolute atomic E-state index is 13.2. The maximum Gasteiger partial charge on any atom is 0.293 e. The van der Waals surface area contributed by atoms with E-state index in [0.717, 1.165) is 75.1 Å². The van der Waals surface area contributed by atoms with Gasteiger partial charge in [0.1, 0.15) is 5.69 Å². The number of piperazine rings is 1. The van der Waals surface area contributed by atoms with Crippen LogP contribution in [0.3, 0.4) is 0 Å². The van der Waals surface area contributed by atoms with Gasteiger partial charge in [-0.15, -0.1) is 0 Å². The van der Waals surface area contributed by atoms with E-state index < -0.39 is 20.9 Å². The number of nitro benzene ring substituents is 1. The minimum atomic E-state index is -4.37. The number of fused-ring (bicyclic) bond motifs is 2. The van der Waals surface area contributed by atoms with Gasteiger partial charge in [-0.25, -0.2) is 13.1 Å². The van der Waals surface area contributed by atoms with Crippen LogP contribution in [0.1, 0.15) is 62.4 Å². The molecule has 12 nitrogen and oxygen atoms in total. The van der Waals surface area contributed by atoms with Crippen LogP contribution in [0.4, 0.5) is 22.7 Å². The summed E-state index contributed by atoms with van der Waals surface area (Å²) in [5, 5.41) is 18.9. The molecule has 2 unspecified atom stereocenters. The first-order valence-corrected chi connectivity index (χ1v) is 20.5. The Labute approximate surface area is 312 Å². The van der Waals surface area contributed by atoms with Crippen LogP contribution < -0.4 is 20.3 Å². The molecule has 13 heteroatoms. The van der Waals surface area contributed by atoms with Crippen molar-refractivity contribution in [3.63, 3.8) is 0 Å². The molecule has 2 saturated heterocycles. The Hall–Kier alpha value is -4.20. The van der Waals surface area contributed by atoms with Crippen LogP contribution in [-0.4, -0.2) is 76.1 Å². The fourth-order valence-electron chi connectivity index (χ4n) is 8.97. The van der Waals surface area contributed by atoms with Gasteiger partial charge in [-0.2, -0.15) is 0 Å².